The van der Waals surface area contributed by atoms with Crippen LogP contribution in [0.5, 0.6) is 0 Å². The third kappa shape index (κ3) is 26.2. The van der Waals surface area contributed by atoms with Gasteiger partial charge in [0.2, 0.25) is 0 Å². The molecular formula is C8H19NO2. The molecule has 0 radical (unpaired) electrons. The van der Waals surface area contributed by atoms with Crippen LogP contribution >= 0.6 is 0 Å². The average molecular weight is 161 g/mol. The van der Waals surface area contributed by atoms with Gasteiger partial charge in [-0.1, -0.05) is 6.92 Å². The van der Waals surface area contributed by atoms with E-state index in [0.29, 0.717) is 6.42 Å². The Bertz CT molecular complexity index is 63.1. The summed E-state index contributed by atoms with van der Waals surface area (Å²) in [6, 6.07) is 0. The number of ether oxygens (including phenoxy) is 1. The lowest BCUT2D eigenvalue weighted by molar-refractivity contribution is -0.107. The summed E-state index contributed by atoms with van der Waals surface area (Å²) in [6.45, 7) is 3.72. The number of hydrogen-bond donors (Lipinski definition) is 1. The molecule has 0 rings (SSSR count). The first-order valence-electron chi connectivity index (χ1n) is 3.90. The van der Waals surface area contributed by atoms with Gasteiger partial charge < -0.3 is 14.8 Å². The molecule has 0 bridgehead atoms. The van der Waals surface area contributed by atoms with Gasteiger partial charge in [-0.05, 0) is 13.5 Å². The molecule has 0 saturated carbocycles. The summed E-state index contributed by atoms with van der Waals surface area (Å²) in [5.74, 6) is 0. The molecular weight excluding hydrogens is 142 g/mol. The predicted octanol–water partition coefficient (Wildman–Crippen LogP) is 0.838. The highest BCUT2D eigenvalue weighted by molar-refractivity contribution is 5.48. The normalized spacial score (nSPS) is 8.27. The molecule has 0 heterocycles. The minimum absolute atomic E-state index is 0.708. The van der Waals surface area contributed by atoms with E-state index in [-0.39, 0.29) is 0 Å². The molecule has 3 heteroatoms. The van der Waals surface area contributed by atoms with Crippen molar-refractivity contribution < 1.29 is 9.53 Å². The quantitative estimate of drug-likeness (QED) is 0.479. The van der Waals surface area contributed by atoms with E-state index in [0.717, 1.165) is 25.9 Å². The van der Waals surface area contributed by atoms with Crippen molar-refractivity contribution in [3.8, 4) is 0 Å². The average Bonchev–Trinajstić information content (AvgIpc) is 2.04. The Morgan fingerprint density at radius 1 is 1.55 bits per heavy atom. The van der Waals surface area contributed by atoms with Crippen LogP contribution in [0.1, 0.15) is 19.8 Å². The lowest BCUT2D eigenvalue weighted by Crippen LogP contribution is -2.12. The Morgan fingerprint density at radius 3 is 2.27 bits per heavy atom. The highest BCUT2D eigenvalue weighted by Gasteiger charge is 1.72. The van der Waals surface area contributed by atoms with Crippen LogP contribution in [0.25, 0.3) is 0 Å². The number of carbonyl (C=O) groups is 1. The lowest BCUT2D eigenvalue weighted by Gasteiger charge is -1.92. The smallest absolute Gasteiger partial charge is 0.119 e. The van der Waals surface area contributed by atoms with E-state index in [1.807, 2.05) is 14.0 Å². The molecule has 0 unspecified atom stereocenters. The Kier molecular flexibility index (Phi) is 19.6. The largest absolute Gasteiger partial charge is 0.383 e. The van der Waals surface area contributed by atoms with Crippen molar-refractivity contribution >= 4 is 6.29 Å². The summed E-state index contributed by atoms with van der Waals surface area (Å²) in [6.07, 6.45) is 2.61. The van der Waals surface area contributed by atoms with Gasteiger partial charge in [-0.2, -0.15) is 0 Å². The number of rotatable bonds is 5. The van der Waals surface area contributed by atoms with E-state index in [1.54, 1.807) is 7.11 Å². The standard InChI is InChI=1S/C4H11NO.C4H8O/c1-5-3-4-6-2;1-2-3-4-5/h5H,3-4H2,1-2H3;4H,2-3H2,1H3. The molecule has 0 aromatic rings. The molecule has 0 fully saturated rings. The second-order valence-corrected chi connectivity index (χ2v) is 2.05. The number of methoxy groups -OCH3 is 1. The zero-order valence-corrected chi connectivity index (χ0v) is 7.72. The topological polar surface area (TPSA) is 38.3 Å². The van der Waals surface area contributed by atoms with E-state index in [9.17, 15) is 4.79 Å². The fourth-order valence-electron chi connectivity index (χ4n) is 0.322. The Morgan fingerprint density at radius 2 is 2.18 bits per heavy atom. The molecule has 1 N–H and O–H groups in total. The molecule has 0 saturated heterocycles. The van der Waals surface area contributed by atoms with Crippen molar-refractivity contribution in [1.29, 1.82) is 0 Å². The number of aldehydes is 1. The summed E-state index contributed by atoms with van der Waals surface area (Å²) in [7, 11) is 3.59. The van der Waals surface area contributed by atoms with Crippen molar-refractivity contribution in [3.63, 3.8) is 0 Å². The third-order valence-electron chi connectivity index (χ3n) is 0.963. The van der Waals surface area contributed by atoms with Gasteiger partial charge in [0.25, 0.3) is 0 Å². The molecule has 0 spiro atoms. The minimum Gasteiger partial charge on any atom is -0.383 e. The first kappa shape index (κ1) is 13.2. The molecule has 68 valence electrons. The fourth-order valence-corrected chi connectivity index (χ4v) is 0.322. The van der Waals surface area contributed by atoms with Crippen molar-refractivity contribution in [1.82, 2.24) is 5.32 Å². The first-order valence-corrected chi connectivity index (χ1v) is 3.90. The second kappa shape index (κ2) is 16.3. The summed E-state index contributed by atoms with van der Waals surface area (Å²) in [4.78, 5) is 9.40. The van der Waals surface area contributed by atoms with E-state index in [1.165, 1.54) is 0 Å². The van der Waals surface area contributed by atoms with E-state index < -0.39 is 0 Å². The fraction of sp³-hybridized carbons (Fsp3) is 0.875. The van der Waals surface area contributed by atoms with Crippen LogP contribution < -0.4 is 5.32 Å². The van der Waals surface area contributed by atoms with E-state index >= 15 is 0 Å². The van der Waals surface area contributed by atoms with Gasteiger partial charge in [0.1, 0.15) is 6.29 Å². The number of hydrogen-bond acceptors (Lipinski definition) is 3. The number of nitrogens with one attached hydrogen (secondary N) is 1. The van der Waals surface area contributed by atoms with Crippen LogP contribution in [0.2, 0.25) is 0 Å². The van der Waals surface area contributed by atoms with E-state index in [4.69, 9.17) is 4.74 Å². The van der Waals surface area contributed by atoms with Gasteiger partial charge in [-0.15, -0.1) is 0 Å². The van der Waals surface area contributed by atoms with Gasteiger partial charge in [-0.3, -0.25) is 0 Å². The van der Waals surface area contributed by atoms with Crippen molar-refractivity contribution in [2.45, 2.75) is 19.8 Å². The highest BCUT2D eigenvalue weighted by atomic mass is 16.5. The van der Waals surface area contributed by atoms with Crippen LogP contribution in [0, 0.1) is 0 Å². The monoisotopic (exact) mass is 161 g/mol. The molecule has 0 aliphatic rings. The summed E-state index contributed by atoms with van der Waals surface area (Å²) < 4.78 is 4.72. The Balaban J connectivity index is 0. The first-order chi connectivity index (χ1) is 5.33. The summed E-state index contributed by atoms with van der Waals surface area (Å²) in [5.41, 5.74) is 0. The number of unbranched alkanes of at least 4 members (excludes halogenated alkanes) is 1. The zero-order valence-electron chi connectivity index (χ0n) is 7.72. The minimum atomic E-state index is 0.708. The molecule has 0 aliphatic heterocycles. The van der Waals surface area contributed by atoms with Gasteiger partial charge in [-0.25, -0.2) is 0 Å². The summed E-state index contributed by atoms with van der Waals surface area (Å²) in [5, 5.41) is 2.94. The Hall–Kier alpha value is -0.410. The predicted molar refractivity (Wildman–Crippen MR) is 46.8 cm³/mol. The second-order valence-electron chi connectivity index (χ2n) is 2.05. The maximum atomic E-state index is 9.40. The lowest BCUT2D eigenvalue weighted by atomic mass is 10.4. The van der Waals surface area contributed by atoms with Gasteiger partial charge in [0.05, 0.1) is 6.61 Å². The number of likely N-dealkylation sites (N-methyl/N-ethyl adjacent to an activating group) is 1. The molecule has 0 atom stereocenters. The van der Waals surface area contributed by atoms with Crippen LogP contribution in [-0.4, -0.2) is 33.6 Å². The molecule has 0 aliphatic carbocycles. The SMILES string of the molecule is CCCC=O.CNCCOC. The molecule has 3 nitrogen and oxygen atoms in total. The van der Waals surface area contributed by atoms with Crippen molar-refractivity contribution in [2.75, 3.05) is 27.3 Å². The van der Waals surface area contributed by atoms with Gasteiger partial charge in [0, 0.05) is 20.1 Å². The van der Waals surface area contributed by atoms with Crippen molar-refractivity contribution in [3.05, 3.63) is 0 Å². The van der Waals surface area contributed by atoms with Crippen LogP contribution in [0.3, 0.4) is 0 Å². The van der Waals surface area contributed by atoms with E-state index in [2.05, 4.69) is 5.32 Å². The maximum absolute atomic E-state index is 9.40. The maximum Gasteiger partial charge on any atom is 0.119 e. The van der Waals surface area contributed by atoms with Gasteiger partial charge >= 0.3 is 0 Å². The van der Waals surface area contributed by atoms with Crippen LogP contribution in [0.15, 0.2) is 0 Å². The molecule has 0 aromatic carbocycles. The Labute approximate surface area is 69.1 Å². The van der Waals surface area contributed by atoms with Crippen LogP contribution in [0.4, 0.5) is 0 Å². The van der Waals surface area contributed by atoms with Gasteiger partial charge in [0.15, 0.2) is 0 Å². The summed E-state index contributed by atoms with van der Waals surface area (Å²) >= 11 is 0. The highest BCUT2D eigenvalue weighted by Crippen LogP contribution is 1.74. The third-order valence-corrected chi connectivity index (χ3v) is 0.963. The molecule has 0 aromatic heterocycles. The molecule has 0 amide bonds. The number of carbonyl (C=O) groups excluding carboxylic acids is 1. The van der Waals surface area contributed by atoms with Crippen molar-refractivity contribution in [2.24, 2.45) is 0 Å². The van der Waals surface area contributed by atoms with Crippen LogP contribution in [-0.2, 0) is 9.53 Å². The molecule has 11 heavy (non-hydrogen) atoms. The zero-order chi connectivity index (χ0) is 8.95.